The number of amides is 2. The highest BCUT2D eigenvalue weighted by atomic mass is 16.6. The minimum atomic E-state index is -0.909. The fourth-order valence-electron chi connectivity index (χ4n) is 3.04. The predicted molar refractivity (Wildman–Crippen MR) is 98.3 cm³/mol. The lowest BCUT2D eigenvalue weighted by Crippen LogP contribution is -2.55. The van der Waals surface area contributed by atoms with E-state index >= 15 is 0 Å². The van der Waals surface area contributed by atoms with Crippen molar-refractivity contribution < 1.29 is 14.3 Å². The van der Waals surface area contributed by atoms with E-state index in [2.05, 4.69) is 5.32 Å². The minimum absolute atomic E-state index is 0.608. The second-order valence-corrected chi connectivity index (χ2v) is 7.87. The molecule has 0 radical (unpaired) electrons. The molecule has 0 spiro atoms. The van der Waals surface area contributed by atoms with Gasteiger partial charge in [0.2, 0.25) is 5.91 Å². The Kier molecular flexibility index (Phi) is 4.84. The van der Waals surface area contributed by atoms with Gasteiger partial charge in [-0.3, -0.25) is 4.79 Å². The van der Waals surface area contributed by atoms with Crippen LogP contribution in [0.4, 0.5) is 4.79 Å². The van der Waals surface area contributed by atoms with E-state index in [-0.39, 0.29) is 0 Å². The second-order valence-electron chi connectivity index (χ2n) is 7.87. The molecule has 1 heterocycles. The smallest absolute Gasteiger partial charge is 0.408 e. The van der Waals surface area contributed by atoms with Crippen molar-refractivity contribution in [3.8, 4) is 0 Å². The first kappa shape index (κ1) is 18.8. The molecule has 0 aliphatic heterocycles. The van der Waals surface area contributed by atoms with E-state index in [1.54, 1.807) is 20.8 Å². The van der Waals surface area contributed by atoms with Crippen LogP contribution in [0.25, 0.3) is 10.9 Å². The number of aryl methyl sites for hydroxylation is 1. The summed E-state index contributed by atoms with van der Waals surface area (Å²) in [5.74, 6) is -0.608. The summed E-state index contributed by atoms with van der Waals surface area (Å²) in [6.45, 7) is 9.08. The number of hydrogen-bond donors (Lipinski definition) is 2. The van der Waals surface area contributed by atoms with Crippen molar-refractivity contribution in [1.29, 1.82) is 0 Å². The molecular formula is C19H27N3O3. The van der Waals surface area contributed by atoms with Gasteiger partial charge in [0, 0.05) is 29.6 Å². The molecule has 136 valence electrons. The van der Waals surface area contributed by atoms with Gasteiger partial charge in [0.25, 0.3) is 0 Å². The summed E-state index contributed by atoms with van der Waals surface area (Å²) in [6, 6.07) is 7.01. The SMILES string of the molecule is Cn1cc(C(C)(C)[C@H](NC(=O)OC(C)(C)C)C(N)=O)c2ccccc21. The Bertz CT molecular complexity index is 800. The molecule has 2 aromatic rings. The third-order valence-corrected chi connectivity index (χ3v) is 4.26. The van der Waals surface area contributed by atoms with Crippen molar-refractivity contribution in [1.82, 2.24) is 9.88 Å². The molecule has 0 aliphatic carbocycles. The Morgan fingerprint density at radius 1 is 1.16 bits per heavy atom. The highest BCUT2D eigenvalue weighted by molar-refractivity contribution is 5.90. The Morgan fingerprint density at radius 3 is 2.32 bits per heavy atom. The standard InChI is InChI=1S/C19H27N3O3/c1-18(2,3)25-17(24)21-15(16(20)23)19(4,5)13-11-22(6)14-10-8-7-9-12(13)14/h7-11,15H,1-6H3,(H2,20,23)(H,21,24)/t15-/m1/s1. The molecule has 1 aromatic heterocycles. The maximum Gasteiger partial charge on any atom is 0.408 e. The van der Waals surface area contributed by atoms with E-state index in [1.807, 2.05) is 55.9 Å². The van der Waals surface area contributed by atoms with Gasteiger partial charge >= 0.3 is 6.09 Å². The molecule has 1 aromatic carbocycles. The quantitative estimate of drug-likeness (QED) is 0.893. The predicted octanol–water partition coefficient (Wildman–Crippen LogP) is 2.83. The van der Waals surface area contributed by atoms with Gasteiger partial charge in [-0.15, -0.1) is 0 Å². The number of nitrogens with zero attached hydrogens (tertiary/aromatic N) is 1. The highest BCUT2D eigenvalue weighted by Gasteiger charge is 2.39. The van der Waals surface area contributed by atoms with Crippen molar-refractivity contribution in [3.05, 3.63) is 36.0 Å². The van der Waals surface area contributed by atoms with Crippen molar-refractivity contribution in [2.24, 2.45) is 12.8 Å². The van der Waals surface area contributed by atoms with Gasteiger partial charge in [-0.25, -0.2) is 4.79 Å². The number of primary amides is 1. The number of alkyl carbamates (subject to hydrolysis) is 1. The first-order valence-corrected chi connectivity index (χ1v) is 8.27. The molecule has 0 saturated heterocycles. The average Bonchev–Trinajstić information content (AvgIpc) is 2.81. The zero-order chi connectivity index (χ0) is 19.0. The van der Waals surface area contributed by atoms with Crippen LogP contribution in [0, 0.1) is 0 Å². The maximum absolute atomic E-state index is 12.2. The summed E-state index contributed by atoms with van der Waals surface area (Å²) >= 11 is 0. The number of para-hydroxylation sites is 1. The summed E-state index contributed by atoms with van der Waals surface area (Å²) in [5, 5.41) is 3.66. The Balaban J connectivity index is 2.42. The van der Waals surface area contributed by atoms with Crippen LogP contribution in [0.1, 0.15) is 40.2 Å². The first-order valence-electron chi connectivity index (χ1n) is 8.27. The van der Waals surface area contributed by atoms with Crippen molar-refractivity contribution >= 4 is 22.9 Å². The molecule has 25 heavy (non-hydrogen) atoms. The average molecular weight is 345 g/mol. The topological polar surface area (TPSA) is 86.3 Å². The molecular weight excluding hydrogens is 318 g/mol. The molecule has 2 rings (SSSR count). The van der Waals surface area contributed by atoms with E-state index in [9.17, 15) is 9.59 Å². The third-order valence-electron chi connectivity index (χ3n) is 4.26. The van der Waals surface area contributed by atoms with Crippen LogP contribution in [0.3, 0.4) is 0 Å². The molecule has 6 nitrogen and oxygen atoms in total. The van der Waals surface area contributed by atoms with E-state index < -0.39 is 29.1 Å². The van der Waals surface area contributed by atoms with Gasteiger partial charge in [0.1, 0.15) is 11.6 Å². The number of rotatable bonds is 4. The molecule has 0 unspecified atom stereocenters. The number of aromatic nitrogens is 1. The first-order chi connectivity index (χ1) is 11.4. The van der Waals surface area contributed by atoms with Crippen LogP contribution in [-0.4, -0.2) is 28.2 Å². The van der Waals surface area contributed by atoms with Crippen LogP contribution in [0.5, 0.6) is 0 Å². The van der Waals surface area contributed by atoms with E-state index in [0.717, 1.165) is 16.5 Å². The normalized spacial score (nSPS) is 13.5. The lowest BCUT2D eigenvalue weighted by molar-refractivity contribution is -0.121. The summed E-state index contributed by atoms with van der Waals surface area (Å²) in [6.07, 6.45) is 1.31. The summed E-state index contributed by atoms with van der Waals surface area (Å²) < 4.78 is 7.28. The minimum Gasteiger partial charge on any atom is -0.444 e. The largest absolute Gasteiger partial charge is 0.444 e. The van der Waals surface area contributed by atoms with Gasteiger partial charge in [-0.2, -0.15) is 0 Å². The molecule has 0 saturated carbocycles. The molecule has 6 heteroatoms. The fourth-order valence-corrected chi connectivity index (χ4v) is 3.04. The van der Waals surface area contributed by atoms with Crippen molar-refractivity contribution in [2.45, 2.75) is 51.7 Å². The Morgan fingerprint density at radius 2 is 1.76 bits per heavy atom. The number of hydrogen-bond acceptors (Lipinski definition) is 3. The number of ether oxygens (including phenoxy) is 1. The number of nitrogens with one attached hydrogen (secondary N) is 1. The monoisotopic (exact) mass is 345 g/mol. The van der Waals surface area contributed by atoms with Gasteiger partial charge in [-0.05, 0) is 32.4 Å². The van der Waals surface area contributed by atoms with Gasteiger partial charge in [-0.1, -0.05) is 32.0 Å². The second kappa shape index (κ2) is 6.43. The number of carbonyl (C=O) groups is 2. The van der Waals surface area contributed by atoms with Crippen molar-refractivity contribution in [3.63, 3.8) is 0 Å². The van der Waals surface area contributed by atoms with E-state index in [1.165, 1.54) is 0 Å². The van der Waals surface area contributed by atoms with Gasteiger partial charge in [0.05, 0.1) is 0 Å². The zero-order valence-electron chi connectivity index (χ0n) is 15.7. The van der Waals surface area contributed by atoms with Crippen LogP contribution in [-0.2, 0) is 22.0 Å². The Labute approximate surface area is 148 Å². The highest BCUT2D eigenvalue weighted by Crippen LogP contribution is 2.34. The number of carbonyl (C=O) groups excluding carboxylic acids is 2. The number of benzene rings is 1. The fraction of sp³-hybridized carbons (Fsp3) is 0.474. The van der Waals surface area contributed by atoms with Crippen LogP contribution < -0.4 is 11.1 Å². The Hall–Kier alpha value is -2.50. The van der Waals surface area contributed by atoms with Crippen LogP contribution >= 0.6 is 0 Å². The van der Waals surface area contributed by atoms with E-state index in [4.69, 9.17) is 10.5 Å². The molecule has 0 fully saturated rings. The molecule has 0 bridgehead atoms. The summed E-state index contributed by atoms with van der Waals surface area (Å²) in [4.78, 5) is 24.3. The molecule has 3 N–H and O–H groups in total. The lowest BCUT2D eigenvalue weighted by Gasteiger charge is -2.33. The molecule has 2 amide bonds. The molecule has 1 atom stereocenters. The number of fused-ring (bicyclic) bond motifs is 1. The van der Waals surface area contributed by atoms with Gasteiger partial charge < -0.3 is 20.4 Å². The van der Waals surface area contributed by atoms with E-state index in [0.29, 0.717) is 0 Å². The summed E-state index contributed by atoms with van der Waals surface area (Å²) in [5.41, 5.74) is 6.21. The number of nitrogens with two attached hydrogens (primary N) is 1. The maximum atomic E-state index is 12.2. The van der Waals surface area contributed by atoms with Crippen LogP contribution in [0.2, 0.25) is 0 Å². The summed E-state index contributed by atoms with van der Waals surface area (Å²) in [7, 11) is 1.95. The third kappa shape index (κ3) is 3.95. The lowest BCUT2D eigenvalue weighted by atomic mass is 9.77. The molecule has 0 aliphatic rings. The zero-order valence-corrected chi connectivity index (χ0v) is 15.7. The van der Waals surface area contributed by atoms with Crippen molar-refractivity contribution in [2.75, 3.05) is 0 Å². The van der Waals surface area contributed by atoms with Crippen LogP contribution in [0.15, 0.2) is 30.5 Å². The van der Waals surface area contributed by atoms with Gasteiger partial charge in [0.15, 0.2) is 0 Å².